The van der Waals surface area contributed by atoms with Crippen LogP contribution in [0.1, 0.15) is 23.1 Å². The van der Waals surface area contributed by atoms with Gasteiger partial charge in [0.25, 0.3) is 0 Å². The Labute approximate surface area is 216 Å². The van der Waals surface area contributed by atoms with E-state index in [-0.39, 0.29) is 5.56 Å². The Kier molecular flexibility index (Phi) is 6.60. The summed E-state index contributed by atoms with van der Waals surface area (Å²) in [5, 5.41) is 3.54. The predicted molar refractivity (Wildman–Crippen MR) is 146 cm³/mol. The smallest absolute Gasteiger partial charge is 0.250 e. The second kappa shape index (κ2) is 10.5. The Morgan fingerprint density at radius 1 is 1.00 bits per heavy atom. The Balaban J connectivity index is 1.19. The van der Waals surface area contributed by atoms with Gasteiger partial charge in [0.05, 0.1) is 18.9 Å². The number of benzene rings is 2. The molecule has 2 aliphatic rings. The first-order chi connectivity index (χ1) is 18.2. The number of para-hydroxylation sites is 1. The van der Waals surface area contributed by atoms with E-state index in [1.54, 1.807) is 12.3 Å². The van der Waals surface area contributed by atoms with Gasteiger partial charge in [0.15, 0.2) is 0 Å². The number of morpholine rings is 1. The first-order valence-electron chi connectivity index (χ1n) is 12.9. The standard InChI is InChI=1S/C30H30N4O3/c35-29-19-25(34-12-14-36-15-13-34)18-27(33-29)26-7-1-6-22-16-23-17-24(8-9-28(23)37-30(22)26)32-11-3-5-21-4-2-10-31-20-21/h1-2,4,6-10,17-20,32H,3,5,11-16H2,(H,33,35). The van der Waals surface area contributed by atoms with Crippen LogP contribution in [0.25, 0.3) is 11.3 Å². The lowest BCUT2D eigenvalue weighted by atomic mass is 9.96. The number of rotatable bonds is 7. The summed E-state index contributed by atoms with van der Waals surface area (Å²) in [5.41, 5.74) is 7.06. The number of hydrogen-bond donors (Lipinski definition) is 2. The van der Waals surface area contributed by atoms with E-state index in [2.05, 4.69) is 44.5 Å². The molecule has 0 saturated carbocycles. The number of ether oxygens (including phenoxy) is 2. The van der Waals surface area contributed by atoms with Gasteiger partial charge in [0.2, 0.25) is 5.56 Å². The molecule has 0 bridgehead atoms. The fourth-order valence-electron chi connectivity index (χ4n) is 5.05. The summed E-state index contributed by atoms with van der Waals surface area (Å²) in [7, 11) is 0. The molecule has 6 rings (SSSR count). The molecule has 7 heteroatoms. The molecular weight excluding hydrogens is 464 g/mol. The third kappa shape index (κ3) is 5.22. The third-order valence-corrected chi connectivity index (χ3v) is 6.94. The van der Waals surface area contributed by atoms with Crippen LogP contribution in [0.3, 0.4) is 0 Å². The van der Waals surface area contributed by atoms with Gasteiger partial charge in [0, 0.05) is 67.0 Å². The van der Waals surface area contributed by atoms with Crippen molar-refractivity contribution in [3.8, 4) is 22.8 Å². The average Bonchev–Trinajstić information content (AvgIpc) is 2.94. The molecular formula is C30H30N4O3. The highest BCUT2D eigenvalue weighted by Crippen LogP contribution is 2.43. The molecule has 2 aliphatic heterocycles. The van der Waals surface area contributed by atoms with Gasteiger partial charge >= 0.3 is 0 Å². The van der Waals surface area contributed by atoms with E-state index in [9.17, 15) is 4.79 Å². The molecule has 37 heavy (non-hydrogen) atoms. The van der Waals surface area contributed by atoms with E-state index in [1.807, 2.05) is 36.5 Å². The molecule has 2 N–H and O–H groups in total. The van der Waals surface area contributed by atoms with E-state index >= 15 is 0 Å². The van der Waals surface area contributed by atoms with Crippen LogP contribution in [0.5, 0.6) is 11.5 Å². The summed E-state index contributed by atoms with van der Waals surface area (Å²) in [5.74, 6) is 1.66. The number of aromatic nitrogens is 2. The molecule has 0 aliphatic carbocycles. The Hall–Kier alpha value is -4.10. The highest BCUT2D eigenvalue weighted by molar-refractivity contribution is 5.74. The Morgan fingerprint density at radius 2 is 1.92 bits per heavy atom. The van der Waals surface area contributed by atoms with Crippen molar-refractivity contribution in [2.24, 2.45) is 0 Å². The first kappa shape index (κ1) is 23.3. The monoisotopic (exact) mass is 494 g/mol. The molecule has 0 amide bonds. The van der Waals surface area contributed by atoms with Crippen molar-refractivity contribution in [2.75, 3.05) is 43.1 Å². The zero-order valence-corrected chi connectivity index (χ0v) is 20.7. The largest absolute Gasteiger partial charge is 0.456 e. The number of H-pyrrole nitrogens is 1. The number of fused-ring (bicyclic) bond motifs is 2. The highest BCUT2D eigenvalue weighted by Gasteiger charge is 2.22. The summed E-state index contributed by atoms with van der Waals surface area (Å²) in [6.45, 7) is 3.79. The van der Waals surface area contributed by atoms with Gasteiger partial charge in [-0.25, -0.2) is 0 Å². The van der Waals surface area contributed by atoms with Gasteiger partial charge in [-0.15, -0.1) is 0 Å². The minimum atomic E-state index is -0.118. The van der Waals surface area contributed by atoms with Crippen LogP contribution in [0.2, 0.25) is 0 Å². The third-order valence-electron chi connectivity index (χ3n) is 6.94. The summed E-state index contributed by atoms with van der Waals surface area (Å²) in [4.78, 5) is 22.0. The van der Waals surface area contributed by atoms with Crippen LogP contribution >= 0.6 is 0 Å². The van der Waals surface area contributed by atoms with Gasteiger partial charge in [-0.1, -0.05) is 18.2 Å². The normalized spacial score (nSPS) is 14.4. The number of hydrogen-bond acceptors (Lipinski definition) is 6. The van der Waals surface area contributed by atoms with E-state index in [1.165, 1.54) is 5.56 Å². The minimum Gasteiger partial charge on any atom is -0.456 e. The molecule has 2 aromatic carbocycles. The Bertz CT molecular complexity index is 1450. The lowest BCUT2D eigenvalue weighted by molar-refractivity contribution is 0.122. The van der Waals surface area contributed by atoms with Gasteiger partial charge < -0.3 is 24.7 Å². The van der Waals surface area contributed by atoms with Crippen LogP contribution in [-0.4, -0.2) is 42.8 Å². The van der Waals surface area contributed by atoms with Crippen molar-refractivity contribution in [3.63, 3.8) is 0 Å². The van der Waals surface area contributed by atoms with Crippen molar-refractivity contribution in [3.05, 3.63) is 100 Å². The summed E-state index contributed by atoms with van der Waals surface area (Å²) in [6, 6.07) is 20.2. The van der Waals surface area contributed by atoms with E-state index in [0.29, 0.717) is 13.2 Å². The van der Waals surface area contributed by atoms with Gasteiger partial charge in [-0.3, -0.25) is 9.78 Å². The molecule has 0 atom stereocenters. The quantitative estimate of drug-likeness (QED) is 0.310. The fraction of sp³-hybridized carbons (Fsp3) is 0.267. The zero-order chi connectivity index (χ0) is 25.0. The van der Waals surface area contributed by atoms with Crippen LogP contribution in [0.4, 0.5) is 11.4 Å². The Morgan fingerprint density at radius 3 is 2.78 bits per heavy atom. The SMILES string of the molecule is O=c1cc(N2CCOCC2)cc(-c2cccc3c2Oc2ccc(NCCCc4cccnc4)cc2C3)[nH]1. The van der Waals surface area contributed by atoms with Gasteiger partial charge in [0.1, 0.15) is 11.5 Å². The molecule has 1 saturated heterocycles. The summed E-state index contributed by atoms with van der Waals surface area (Å²) in [6.07, 6.45) is 6.54. The van der Waals surface area contributed by atoms with Gasteiger partial charge in [-0.05, 0) is 60.4 Å². The second-order valence-corrected chi connectivity index (χ2v) is 9.50. The van der Waals surface area contributed by atoms with Crippen molar-refractivity contribution < 1.29 is 9.47 Å². The molecule has 0 radical (unpaired) electrons. The summed E-state index contributed by atoms with van der Waals surface area (Å²) >= 11 is 0. The number of aromatic amines is 1. The lowest BCUT2D eigenvalue weighted by Crippen LogP contribution is -2.36. The molecule has 0 spiro atoms. The van der Waals surface area contributed by atoms with Crippen molar-refractivity contribution in [1.82, 2.24) is 9.97 Å². The maximum atomic E-state index is 12.6. The van der Waals surface area contributed by atoms with Crippen molar-refractivity contribution in [1.29, 1.82) is 0 Å². The maximum absolute atomic E-state index is 12.6. The maximum Gasteiger partial charge on any atom is 0.250 e. The molecule has 1 fully saturated rings. The predicted octanol–water partition coefficient (Wildman–Crippen LogP) is 5.01. The number of nitrogens with one attached hydrogen (secondary N) is 2. The molecule has 0 unspecified atom stereocenters. The van der Waals surface area contributed by atoms with E-state index < -0.39 is 0 Å². The number of anilines is 2. The van der Waals surface area contributed by atoms with E-state index in [0.717, 1.165) is 84.2 Å². The first-order valence-corrected chi connectivity index (χ1v) is 12.9. The fourth-order valence-corrected chi connectivity index (χ4v) is 5.05. The van der Waals surface area contributed by atoms with Crippen LogP contribution in [-0.2, 0) is 17.6 Å². The zero-order valence-electron chi connectivity index (χ0n) is 20.7. The van der Waals surface area contributed by atoms with Crippen LogP contribution in [0.15, 0.2) is 77.9 Å². The summed E-state index contributed by atoms with van der Waals surface area (Å²) < 4.78 is 11.9. The number of nitrogens with zero attached hydrogens (tertiary/aromatic N) is 2. The number of pyridine rings is 2. The topological polar surface area (TPSA) is 79.5 Å². The average molecular weight is 495 g/mol. The molecule has 4 aromatic rings. The minimum absolute atomic E-state index is 0.118. The second-order valence-electron chi connectivity index (χ2n) is 9.50. The highest BCUT2D eigenvalue weighted by atomic mass is 16.5. The number of aryl methyl sites for hydroxylation is 1. The lowest BCUT2D eigenvalue weighted by Gasteiger charge is -2.29. The molecule has 2 aromatic heterocycles. The molecule has 7 nitrogen and oxygen atoms in total. The molecule has 4 heterocycles. The van der Waals surface area contributed by atoms with Crippen molar-refractivity contribution in [2.45, 2.75) is 19.3 Å². The van der Waals surface area contributed by atoms with Crippen LogP contribution < -0.4 is 20.5 Å². The molecule has 188 valence electrons. The van der Waals surface area contributed by atoms with E-state index in [4.69, 9.17) is 9.47 Å². The van der Waals surface area contributed by atoms with Crippen LogP contribution in [0, 0.1) is 0 Å². The van der Waals surface area contributed by atoms with Gasteiger partial charge in [-0.2, -0.15) is 0 Å². The van der Waals surface area contributed by atoms with Crippen molar-refractivity contribution >= 4 is 11.4 Å².